The smallest absolute Gasteiger partial charge is 0.464 e. The molecule has 0 radical (unpaired) electrons. The topological polar surface area (TPSA) is 3.24 Å². The molecule has 0 N–H and O–H groups in total. The Balaban J connectivity index is -0.000000124. The summed E-state index contributed by atoms with van der Waals surface area (Å²) in [6.45, 7) is 0. The molecule has 0 saturated heterocycles. The summed E-state index contributed by atoms with van der Waals surface area (Å²) in [5.74, 6) is 0. The van der Waals surface area contributed by atoms with Crippen LogP contribution in [0.15, 0.2) is 30.3 Å². The Hall–Kier alpha value is 0.236. The molecule has 0 aliphatic rings. The minimum Gasteiger partial charge on any atom is -0.464 e. The molecule has 0 amide bonds. The van der Waals surface area contributed by atoms with Crippen LogP contribution in [0.2, 0.25) is 0 Å². The van der Waals surface area contributed by atoms with E-state index >= 15 is 0 Å². The monoisotopic (exact) mass is 195 g/mol. The first-order valence-corrected chi connectivity index (χ1v) is 3.12. The van der Waals surface area contributed by atoms with E-state index in [4.69, 9.17) is 0 Å². The van der Waals surface area contributed by atoms with Crippen molar-refractivity contribution < 1.29 is 0 Å². The van der Waals surface area contributed by atoms with Crippen LogP contribution in [-0.2, 0) is 0 Å². The molecule has 1 aromatic carbocycles. The van der Waals surface area contributed by atoms with Gasteiger partial charge in [-0.25, -0.2) is 0 Å². The van der Waals surface area contributed by atoms with Gasteiger partial charge in [0.1, 0.15) is 0 Å². The van der Waals surface area contributed by atoms with Crippen molar-refractivity contribution in [1.82, 2.24) is 4.90 Å². The molecule has 0 saturated carbocycles. The van der Waals surface area contributed by atoms with Gasteiger partial charge in [0.2, 0.25) is 0 Å². The Kier molecular flexibility index (Phi) is 20.8. The number of hydrogen-bond acceptors (Lipinski definition) is 1. The van der Waals surface area contributed by atoms with Crippen LogP contribution in [0.3, 0.4) is 0 Å². The van der Waals surface area contributed by atoms with E-state index in [0.717, 1.165) is 0 Å². The maximum atomic E-state index is 3.47. The molecule has 0 atom stereocenters. The van der Waals surface area contributed by atoms with Crippen molar-refractivity contribution in [3.05, 3.63) is 43.4 Å². The molecule has 0 fully saturated rings. The summed E-state index contributed by atoms with van der Waals surface area (Å²) in [6.07, 6.45) is 0. The summed E-state index contributed by atoms with van der Waals surface area (Å²) in [5.41, 5.74) is 0. The van der Waals surface area contributed by atoms with Gasteiger partial charge in [-0.15, -0.1) is 12.4 Å². The maximum absolute atomic E-state index is 3.47. The van der Waals surface area contributed by atoms with Crippen molar-refractivity contribution >= 4 is 35.5 Å². The van der Waals surface area contributed by atoms with E-state index in [1.54, 1.807) is 4.90 Å². The number of benzene rings is 1. The zero-order chi connectivity index (χ0) is 7.82. The molecule has 64 valence electrons. The fourth-order valence-electron chi connectivity index (χ4n) is 0.342. The van der Waals surface area contributed by atoms with Gasteiger partial charge in [0.05, 0.1) is 0 Å². The van der Waals surface area contributed by atoms with Crippen LogP contribution in [0.25, 0.3) is 0 Å². The predicted octanol–water partition coefficient (Wildman–Crippen LogP) is 1.87. The van der Waals surface area contributed by atoms with Crippen LogP contribution >= 0.6 is 12.4 Å². The third kappa shape index (κ3) is 22.5. The van der Waals surface area contributed by atoms with Gasteiger partial charge in [0.25, 0.3) is 0 Å². The molecule has 0 heterocycles. The van der Waals surface area contributed by atoms with Crippen molar-refractivity contribution in [2.24, 2.45) is 0 Å². The average Bonchev–Trinajstić information content (AvgIpc) is 1.90. The van der Waals surface area contributed by atoms with E-state index in [1.165, 1.54) is 0 Å². The zero-order valence-electron chi connectivity index (χ0n) is 7.66. The molecule has 0 aromatic heterocycles. The molecule has 0 aliphatic heterocycles. The van der Waals surface area contributed by atoms with Crippen LogP contribution in [0.4, 0.5) is 0 Å². The fourth-order valence-corrected chi connectivity index (χ4v) is 0.342. The molecule has 1 nitrogen and oxygen atoms in total. The number of halogens is 1. The van der Waals surface area contributed by atoms with Crippen molar-refractivity contribution in [2.75, 3.05) is 14.1 Å². The van der Waals surface area contributed by atoms with Crippen LogP contribution in [0, 0.1) is 13.1 Å². The predicted molar refractivity (Wildman–Crippen MR) is 57.3 cm³/mol. The maximum Gasteiger partial charge on any atom is 2.00 e. The Morgan fingerprint density at radius 1 is 1.08 bits per heavy atom. The number of rotatable bonds is 0. The summed E-state index contributed by atoms with van der Waals surface area (Å²) >= 11 is 0. The van der Waals surface area contributed by atoms with Gasteiger partial charge in [-0.05, 0) is 14.1 Å². The Bertz CT molecular complexity index is 115. The minimum absolute atomic E-state index is 0. The van der Waals surface area contributed by atoms with E-state index in [2.05, 4.69) is 13.1 Å². The summed E-state index contributed by atoms with van der Waals surface area (Å²) in [7, 11) is 7.25. The quantitative estimate of drug-likeness (QED) is 0.452. The Morgan fingerprint density at radius 2 is 1.42 bits per heavy atom. The molecular formula is C9H14ClMgN. The molecule has 0 spiro atoms. The number of hydrogen-bond donors (Lipinski definition) is 0. The third-order valence-corrected chi connectivity index (χ3v) is 0.607. The van der Waals surface area contributed by atoms with Crippen molar-refractivity contribution in [1.29, 1.82) is 0 Å². The van der Waals surface area contributed by atoms with Gasteiger partial charge in [0, 0.05) is 0 Å². The molecule has 0 unspecified atom stereocenters. The van der Waals surface area contributed by atoms with Crippen molar-refractivity contribution in [2.45, 2.75) is 0 Å². The normalized spacial score (nSPS) is 7.00. The first-order valence-electron chi connectivity index (χ1n) is 3.12. The second-order valence-electron chi connectivity index (χ2n) is 2.16. The molecule has 1 rings (SSSR count). The molecule has 0 aliphatic carbocycles. The summed E-state index contributed by atoms with van der Waals surface area (Å²) in [4.78, 5) is 1.75. The van der Waals surface area contributed by atoms with E-state index in [9.17, 15) is 0 Å². The SMILES string of the molecule is Cl.[CH2-]N(C)C.[Mg+2].[c-]1ccccc1. The average molecular weight is 196 g/mol. The van der Waals surface area contributed by atoms with Crippen LogP contribution in [0.5, 0.6) is 0 Å². The second-order valence-corrected chi connectivity index (χ2v) is 2.16. The molecule has 3 heteroatoms. The third-order valence-electron chi connectivity index (χ3n) is 0.607. The fraction of sp³-hybridized carbons (Fsp3) is 0.222. The van der Waals surface area contributed by atoms with E-state index in [0.29, 0.717) is 0 Å². The summed E-state index contributed by atoms with van der Waals surface area (Å²) < 4.78 is 0. The van der Waals surface area contributed by atoms with Crippen molar-refractivity contribution in [3.63, 3.8) is 0 Å². The van der Waals surface area contributed by atoms with E-state index < -0.39 is 0 Å². The second kappa shape index (κ2) is 13.8. The van der Waals surface area contributed by atoms with Gasteiger partial charge < -0.3 is 4.90 Å². The standard InChI is InChI=1S/C6H5.C3H8N.ClH.Mg/c1-2-4-6-5-3-1;1-4(2)3;;/h1-5H;1H2,2-3H3;1H;/q2*-1;;+2. The van der Waals surface area contributed by atoms with E-state index in [-0.39, 0.29) is 35.5 Å². The number of nitrogens with zero attached hydrogens (tertiary/aromatic N) is 1. The summed E-state index contributed by atoms with van der Waals surface area (Å²) in [5, 5.41) is 0. The van der Waals surface area contributed by atoms with Crippen molar-refractivity contribution in [3.8, 4) is 0 Å². The van der Waals surface area contributed by atoms with E-state index in [1.807, 2.05) is 44.4 Å². The van der Waals surface area contributed by atoms with Crippen LogP contribution < -0.4 is 0 Å². The minimum atomic E-state index is 0. The molecule has 0 bridgehead atoms. The summed E-state index contributed by atoms with van der Waals surface area (Å²) in [6, 6.07) is 12.5. The molecule has 1 aromatic rings. The first-order chi connectivity index (χ1) is 4.73. The largest absolute Gasteiger partial charge is 2.00 e. The van der Waals surface area contributed by atoms with Gasteiger partial charge in [-0.3, -0.25) is 7.05 Å². The Morgan fingerprint density at radius 3 is 1.50 bits per heavy atom. The van der Waals surface area contributed by atoms with Crippen LogP contribution in [-0.4, -0.2) is 42.0 Å². The first kappa shape index (κ1) is 18.1. The Labute approximate surface area is 97.7 Å². The van der Waals surface area contributed by atoms with Gasteiger partial charge in [-0.1, -0.05) is 0 Å². The van der Waals surface area contributed by atoms with Gasteiger partial charge in [0.15, 0.2) is 0 Å². The molecule has 12 heavy (non-hydrogen) atoms. The zero-order valence-corrected chi connectivity index (χ0v) is 9.89. The van der Waals surface area contributed by atoms with Crippen LogP contribution in [0.1, 0.15) is 0 Å². The van der Waals surface area contributed by atoms with Gasteiger partial charge in [-0.2, -0.15) is 36.4 Å². The molecular weight excluding hydrogens is 182 g/mol. The van der Waals surface area contributed by atoms with Gasteiger partial charge >= 0.3 is 23.1 Å².